The molecule has 0 aliphatic carbocycles. The van der Waals surface area contributed by atoms with Gasteiger partial charge in [0.05, 0.1) is 45.8 Å². The van der Waals surface area contributed by atoms with E-state index < -0.39 is 0 Å². The molecule has 5 heterocycles. The van der Waals surface area contributed by atoms with Gasteiger partial charge in [0.1, 0.15) is 10.3 Å². The number of aromatic nitrogens is 6. The van der Waals surface area contributed by atoms with Crippen molar-refractivity contribution in [1.82, 2.24) is 29.9 Å². The Hall–Kier alpha value is 0.175. The number of nitrogens with one attached hydrogen (secondary N) is 1. The number of aliphatic hydroxyl groups excluding tert-OH is 1. The van der Waals surface area contributed by atoms with E-state index >= 15 is 0 Å². The molecule has 0 atom stereocenters. The molecule has 0 aromatic carbocycles. The van der Waals surface area contributed by atoms with Crippen LogP contribution in [0.4, 0.5) is 0 Å². The quantitative estimate of drug-likeness (QED) is 0.0490. The summed E-state index contributed by atoms with van der Waals surface area (Å²) in [5, 5.41) is 18.6. The standard InChI is InChI=1S/C10H11N3O2S.C6H7NO2S.C5H6BrNS.C5H7NOS.B.Br3P.Na.H/c1-6-3-9(14)13-10(11-6)16-5-8-4-15-7(2)12-8;1-4-7-5(3-10-4)6(8)9-2;1-4-7-5(2-6)3-8-4;1-4-6-5(2-7)3-8-4;;1-4(2)3;;/h3-4H,5H2,1-2H3,(H,11,13,14);3H,1-2H3;3H,2H2,1H3;3,7H,2H2,1H3;;;;/q;;;;;;+1;-1. The Bertz CT molecular complexity index is 1620. The van der Waals surface area contributed by atoms with E-state index in [1.54, 1.807) is 48.2 Å². The number of rotatable bonds is 6. The Morgan fingerprint density at radius 1 is 0.958 bits per heavy atom. The number of thiazole rings is 3. The van der Waals surface area contributed by atoms with E-state index in [1.807, 2.05) is 26.2 Å². The van der Waals surface area contributed by atoms with E-state index in [0.717, 1.165) is 37.4 Å². The van der Waals surface area contributed by atoms with Crippen molar-refractivity contribution in [3.05, 3.63) is 88.2 Å². The monoisotopic (exact) mass is 1020 g/mol. The number of H-pyrrole nitrogens is 1. The van der Waals surface area contributed by atoms with Crippen molar-refractivity contribution in [2.45, 2.75) is 57.5 Å². The Kier molecular flexibility index (Phi) is 30.1. The third-order valence-electron chi connectivity index (χ3n) is 4.52. The SMILES string of the molecule is BrP(Br)Br.COC(=O)c1csc(C)n1.Cc1cc(=O)[nH]c(SCc2coc(C)n2)n1.Cc1nc(CBr)cs1.Cc1nc(CO)cs1.[B].[H-].[Na+]. The molecule has 0 bridgehead atoms. The molecule has 0 fully saturated rings. The van der Waals surface area contributed by atoms with Crippen LogP contribution in [0, 0.1) is 34.6 Å². The number of thioether (sulfide) groups is 1. The molecule has 0 unspecified atom stereocenters. The fourth-order valence-corrected chi connectivity index (χ4v) is 5.85. The number of alkyl halides is 1. The van der Waals surface area contributed by atoms with Crippen molar-refractivity contribution in [2.75, 3.05) is 7.11 Å². The van der Waals surface area contributed by atoms with Gasteiger partial charge in [-0.15, -0.1) is 34.0 Å². The Morgan fingerprint density at radius 3 is 1.85 bits per heavy atom. The number of hydrogen-bond acceptors (Lipinski definition) is 14. The van der Waals surface area contributed by atoms with Crippen LogP contribution in [0.1, 0.15) is 55.6 Å². The van der Waals surface area contributed by atoms with Gasteiger partial charge >= 0.3 is 35.5 Å². The van der Waals surface area contributed by atoms with Crippen LogP contribution in [0.15, 0.2) is 42.8 Å². The van der Waals surface area contributed by atoms with E-state index in [0.29, 0.717) is 28.2 Å². The first-order valence-corrected chi connectivity index (χ1v) is 24.8. The normalized spacial score (nSPS) is 9.50. The molecule has 0 spiro atoms. The Morgan fingerprint density at radius 2 is 1.50 bits per heavy atom. The number of ether oxygens (including phenoxy) is 1. The van der Waals surface area contributed by atoms with E-state index in [2.05, 4.69) is 102 Å². The minimum absolute atomic E-state index is 0. The van der Waals surface area contributed by atoms with E-state index in [9.17, 15) is 9.59 Å². The first-order chi connectivity index (χ1) is 21.8. The maximum atomic E-state index is 11.2. The summed E-state index contributed by atoms with van der Waals surface area (Å²) in [6.07, 6.45) is 1.61. The summed E-state index contributed by atoms with van der Waals surface area (Å²) in [6, 6.07) is 1.46. The Balaban J connectivity index is -0.000000565. The third kappa shape index (κ3) is 23.6. The van der Waals surface area contributed by atoms with Gasteiger partial charge in [-0.1, -0.05) is 27.7 Å². The van der Waals surface area contributed by atoms with Crippen LogP contribution < -0.4 is 35.1 Å². The summed E-state index contributed by atoms with van der Waals surface area (Å²) < 4.78 is 9.36. The molecule has 5 aromatic heterocycles. The maximum absolute atomic E-state index is 11.2. The zero-order chi connectivity index (χ0) is 34.6. The fourth-order valence-electron chi connectivity index (χ4n) is 2.75. The topological polar surface area (TPSA) is 157 Å². The van der Waals surface area contributed by atoms with Crippen LogP contribution in [0.3, 0.4) is 0 Å². The molecule has 0 amide bonds. The summed E-state index contributed by atoms with van der Waals surface area (Å²) in [4.78, 5) is 45.1. The zero-order valence-electron chi connectivity index (χ0n) is 28.0. The zero-order valence-corrected chi connectivity index (χ0v) is 39.5. The number of aryl methyl sites for hydroxylation is 5. The molecule has 0 saturated heterocycles. The second-order valence-corrected chi connectivity index (χ2v) is 28.3. The number of halogens is 4. The minimum atomic E-state index is -0.371. The average molecular weight is 1020 g/mol. The molecule has 2 N–H and O–H groups in total. The Labute approximate surface area is 355 Å². The average Bonchev–Trinajstić information content (AvgIpc) is 3.81. The second-order valence-electron chi connectivity index (χ2n) is 8.28. The van der Waals surface area contributed by atoms with E-state index in [1.165, 1.54) is 36.3 Å². The number of aromatic amines is 1. The molecule has 22 heteroatoms. The van der Waals surface area contributed by atoms with Gasteiger partial charge in [0.15, 0.2) is 16.7 Å². The van der Waals surface area contributed by atoms with Gasteiger partial charge in [0.2, 0.25) is 0 Å². The first kappa shape index (κ1) is 50.3. The first-order valence-electron chi connectivity index (χ1n) is 12.6. The van der Waals surface area contributed by atoms with Crippen LogP contribution >= 0.6 is 112 Å². The summed E-state index contributed by atoms with van der Waals surface area (Å²) in [6.45, 7) is 9.42. The second kappa shape index (κ2) is 28.7. The van der Waals surface area contributed by atoms with Crippen molar-refractivity contribution in [2.24, 2.45) is 0 Å². The summed E-state index contributed by atoms with van der Waals surface area (Å²) in [5.74, 6) is 0.898. The number of esters is 1. The number of nitrogens with zero attached hydrogens (tertiary/aromatic N) is 5. The fraction of sp³-hybridized carbons (Fsp3) is 0.346. The number of oxazole rings is 1. The number of hydrogen-bond donors (Lipinski definition) is 2. The number of aliphatic hydroxyl groups is 1. The molecule has 257 valence electrons. The smallest absolute Gasteiger partial charge is 1.00 e. The molecule has 48 heavy (non-hydrogen) atoms. The van der Waals surface area contributed by atoms with Gasteiger partial charge in [-0.3, -0.25) is 4.79 Å². The van der Waals surface area contributed by atoms with Crippen LogP contribution in [0.25, 0.3) is 0 Å². The van der Waals surface area contributed by atoms with Gasteiger partial charge in [0, 0.05) is 54.3 Å². The molecule has 3 radical (unpaired) electrons. The van der Waals surface area contributed by atoms with Gasteiger partial charge in [-0.25, -0.2) is 29.7 Å². The van der Waals surface area contributed by atoms with Crippen molar-refractivity contribution in [3.8, 4) is 0 Å². The molecule has 0 aliphatic heterocycles. The molecule has 5 rings (SSSR count). The molecule has 0 aliphatic rings. The van der Waals surface area contributed by atoms with Gasteiger partial charge in [0.25, 0.3) is 5.56 Å². The number of methoxy groups -OCH3 is 1. The van der Waals surface area contributed by atoms with Gasteiger partial charge in [-0.2, -0.15) is 0 Å². The minimum Gasteiger partial charge on any atom is -1.00 e. The van der Waals surface area contributed by atoms with E-state index in [4.69, 9.17) is 9.52 Å². The predicted molar refractivity (Wildman–Crippen MR) is 211 cm³/mol. The van der Waals surface area contributed by atoms with Gasteiger partial charge < -0.3 is 20.7 Å². The molecule has 11 nitrogen and oxygen atoms in total. The van der Waals surface area contributed by atoms with Crippen LogP contribution in [-0.4, -0.2) is 56.5 Å². The summed E-state index contributed by atoms with van der Waals surface area (Å²) in [5.41, 5.74) is 3.71. The van der Waals surface area contributed by atoms with Crippen molar-refractivity contribution < 1.29 is 50.0 Å². The predicted octanol–water partition coefficient (Wildman–Crippen LogP) is 6.33. The number of carbonyl (C=O) groups excluding carboxylic acids is 1. The van der Waals surface area contributed by atoms with Crippen molar-refractivity contribution in [1.29, 1.82) is 0 Å². The molecular weight excluding hydrogens is 989 g/mol. The largest absolute Gasteiger partial charge is 1.00 e. The van der Waals surface area contributed by atoms with E-state index in [-0.39, 0.29) is 61.6 Å². The van der Waals surface area contributed by atoms with Crippen LogP contribution in [0.2, 0.25) is 0 Å². The molecule has 0 saturated carbocycles. The van der Waals surface area contributed by atoms with Crippen LogP contribution in [0.5, 0.6) is 0 Å². The third-order valence-corrected chi connectivity index (χ3v) is 8.42. The molecular formula is C26H32BBr4N6NaO5PS4. The summed E-state index contributed by atoms with van der Waals surface area (Å²) >= 11 is 18.9. The summed E-state index contributed by atoms with van der Waals surface area (Å²) in [7, 11) is 1.34. The molecule has 5 aromatic rings. The van der Waals surface area contributed by atoms with Crippen molar-refractivity contribution in [3.63, 3.8) is 0 Å². The van der Waals surface area contributed by atoms with Crippen molar-refractivity contribution >= 4 is 127 Å². The number of carbonyl (C=O) groups is 1. The van der Waals surface area contributed by atoms with Crippen LogP contribution in [-0.2, 0) is 22.4 Å². The maximum Gasteiger partial charge on any atom is 1.00 e. The van der Waals surface area contributed by atoms with Gasteiger partial charge in [-0.05, 0) is 74.2 Å².